The van der Waals surface area contributed by atoms with Crippen molar-refractivity contribution < 1.29 is 56.2 Å². The maximum atomic E-state index is 12.9. The topological polar surface area (TPSA) is 178 Å². The molecule has 1 heterocycles. The number of carbonyl (C=O) groups excluding carboxylic acids is 1. The number of aliphatic hydroxyl groups is 3. The average Bonchev–Trinajstić information content (AvgIpc) is 3.27. The van der Waals surface area contributed by atoms with Gasteiger partial charge in [-0.25, -0.2) is 4.18 Å². The third-order valence-electron chi connectivity index (χ3n) is 11.7. The predicted molar refractivity (Wildman–Crippen MR) is 257 cm³/mol. The molecule has 0 aliphatic carbocycles. The Morgan fingerprint density at radius 1 is 0.594 bits per heavy atom. The van der Waals surface area contributed by atoms with Crippen LogP contribution in [0.5, 0.6) is 0 Å². The highest BCUT2D eigenvalue weighted by Gasteiger charge is 2.48. The second kappa shape index (κ2) is 42.7. The fraction of sp³-hybridized carbons (Fsp3) is 0.863. The smallest absolute Gasteiger partial charge is 0.397 e. The van der Waals surface area contributed by atoms with Crippen LogP contribution < -0.4 is 0 Å². The summed E-state index contributed by atoms with van der Waals surface area (Å²) >= 11 is 0. The molecule has 0 radical (unpaired) electrons. The largest absolute Gasteiger partial charge is 0.457 e. The van der Waals surface area contributed by atoms with E-state index in [9.17, 15) is 33.1 Å². The molecule has 1 rings (SSSR count). The van der Waals surface area contributed by atoms with Crippen molar-refractivity contribution in [1.29, 1.82) is 0 Å². The Hall–Kier alpha value is -1.68. The van der Waals surface area contributed by atoms with Gasteiger partial charge in [0.1, 0.15) is 30.5 Å². The third-order valence-corrected chi connectivity index (χ3v) is 12.2. The molecule has 376 valence electrons. The van der Waals surface area contributed by atoms with Crippen molar-refractivity contribution in [3.63, 3.8) is 0 Å². The molecule has 0 aromatic heterocycles. The van der Waals surface area contributed by atoms with Gasteiger partial charge in [0.15, 0.2) is 6.29 Å². The van der Waals surface area contributed by atoms with Crippen molar-refractivity contribution in [3.8, 4) is 0 Å². The average molecular weight is 931 g/mol. The number of hydrogen-bond acceptors (Lipinski definition) is 11. The number of hydrogen-bond donors (Lipinski definition) is 4. The molecule has 0 aromatic carbocycles. The summed E-state index contributed by atoms with van der Waals surface area (Å²) in [6.07, 6.45) is 41.7. The molecule has 12 nitrogen and oxygen atoms in total. The lowest BCUT2D eigenvalue weighted by Gasteiger charge is -2.41. The molecule has 0 bridgehead atoms. The SMILES string of the molecule is CCCCC/C=C\C/C=C\CCCCCCCCOCC(COC1OC(CO)C(O)C(OS(=O)(=O)O)C1O)OC(=O)CCCCCCCCCCC/C=C\CCCCCCCCCC. The van der Waals surface area contributed by atoms with Gasteiger partial charge in [0, 0.05) is 13.0 Å². The van der Waals surface area contributed by atoms with Crippen LogP contribution in [-0.2, 0) is 38.3 Å². The summed E-state index contributed by atoms with van der Waals surface area (Å²) in [5, 5.41) is 30.7. The first-order chi connectivity index (χ1) is 31.1. The molecule has 0 amide bonds. The van der Waals surface area contributed by atoms with Crippen molar-refractivity contribution in [1.82, 2.24) is 0 Å². The monoisotopic (exact) mass is 931 g/mol. The summed E-state index contributed by atoms with van der Waals surface area (Å²) in [5.74, 6) is -0.404. The fourth-order valence-electron chi connectivity index (χ4n) is 7.82. The van der Waals surface area contributed by atoms with E-state index in [1.807, 2.05) is 0 Å². The van der Waals surface area contributed by atoms with Gasteiger partial charge < -0.3 is 34.3 Å². The second-order valence-corrected chi connectivity index (χ2v) is 18.8. The van der Waals surface area contributed by atoms with Crippen LogP contribution in [0.3, 0.4) is 0 Å². The van der Waals surface area contributed by atoms with Gasteiger partial charge in [0.25, 0.3) is 0 Å². The number of rotatable bonds is 45. The number of esters is 1. The lowest BCUT2D eigenvalue weighted by Crippen LogP contribution is -2.60. The Labute approximate surface area is 390 Å². The van der Waals surface area contributed by atoms with Crippen LogP contribution in [0.4, 0.5) is 0 Å². The molecule has 4 N–H and O–H groups in total. The Morgan fingerprint density at radius 2 is 1.03 bits per heavy atom. The van der Waals surface area contributed by atoms with Gasteiger partial charge in [0.2, 0.25) is 0 Å². The number of aliphatic hydroxyl groups excluding tert-OH is 3. The van der Waals surface area contributed by atoms with Crippen LogP contribution in [0.25, 0.3) is 0 Å². The van der Waals surface area contributed by atoms with E-state index in [-0.39, 0.29) is 19.6 Å². The first-order valence-electron chi connectivity index (χ1n) is 25.7. The van der Waals surface area contributed by atoms with E-state index in [2.05, 4.69) is 54.5 Å². The summed E-state index contributed by atoms with van der Waals surface area (Å²) in [4.78, 5) is 12.9. The number of unbranched alkanes of at least 4 members (excludes halogenated alkanes) is 26. The van der Waals surface area contributed by atoms with Crippen LogP contribution >= 0.6 is 0 Å². The third kappa shape index (κ3) is 35.5. The molecular weight excluding hydrogens is 837 g/mol. The summed E-state index contributed by atoms with van der Waals surface area (Å²) in [7, 11) is -5.07. The van der Waals surface area contributed by atoms with Crippen LogP contribution in [0, 0.1) is 0 Å². The fourth-order valence-corrected chi connectivity index (χ4v) is 8.32. The van der Waals surface area contributed by atoms with Crippen molar-refractivity contribution in [3.05, 3.63) is 36.5 Å². The molecule has 6 unspecified atom stereocenters. The van der Waals surface area contributed by atoms with Gasteiger partial charge in [-0.15, -0.1) is 0 Å². The molecule has 6 atom stereocenters. The van der Waals surface area contributed by atoms with Gasteiger partial charge >= 0.3 is 16.4 Å². The molecule has 64 heavy (non-hydrogen) atoms. The zero-order valence-electron chi connectivity index (χ0n) is 40.3. The lowest BCUT2D eigenvalue weighted by atomic mass is 9.99. The summed E-state index contributed by atoms with van der Waals surface area (Å²) < 4.78 is 59.2. The van der Waals surface area contributed by atoms with Gasteiger partial charge in [-0.3, -0.25) is 9.35 Å². The second-order valence-electron chi connectivity index (χ2n) is 17.8. The number of ether oxygens (including phenoxy) is 4. The van der Waals surface area contributed by atoms with Gasteiger partial charge in [-0.05, 0) is 70.6 Å². The molecule has 0 aromatic rings. The van der Waals surface area contributed by atoms with Crippen molar-refractivity contribution in [2.45, 2.75) is 256 Å². The highest BCUT2D eigenvalue weighted by Crippen LogP contribution is 2.26. The normalized spacial score (nSPS) is 20.0. The van der Waals surface area contributed by atoms with Crippen molar-refractivity contribution in [2.24, 2.45) is 0 Å². The predicted octanol–water partition coefficient (Wildman–Crippen LogP) is 11.7. The van der Waals surface area contributed by atoms with E-state index in [0.717, 1.165) is 57.8 Å². The molecule has 13 heteroatoms. The van der Waals surface area contributed by atoms with Gasteiger partial charge in [-0.1, -0.05) is 179 Å². The maximum Gasteiger partial charge on any atom is 0.397 e. The molecule has 1 aliphatic rings. The zero-order chi connectivity index (χ0) is 46.8. The Morgan fingerprint density at radius 3 is 1.53 bits per heavy atom. The molecule has 0 saturated carbocycles. The highest BCUT2D eigenvalue weighted by molar-refractivity contribution is 7.80. The first kappa shape index (κ1) is 60.3. The summed E-state index contributed by atoms with van der Waals surface area (Å²) in [5.41, 5.74) is 0. The maximum absolute atomic E-state index is 12.9. The van der Waals surface area contributed by atoms with Crippen LogP contribution in [0.1, 0.15) is 219 Å². The summed E-state index contributed by atoms with van der Waals surface area (Å²) in [6, 6.07) is 0. The number of allylic oxidation sites excluding steroid dienone is 6. The van der Waals surface area contributed by atoms with Crippen LogP contribution in [0.2, 0.25) is 0 Å². The van der Waals surface area contributed by atoms with Crippen molar-refractivity contribution in [2.75, 3.05) is 26.4 Å². The first-order valence-corrected chi connectivity index (χ1v) is 27.1. The Kier molecular flexibility index (Phi) is 40.2. The van der Waals surface area contributed by atoms with E-state index < -0.39 is 59.8 Å². The van der Waals surface area contributed by atoms with E-state index in [0.29, 0.717) is 13.0 Å². The quantitative estimate of drug-likeness (QED) is 0.0197. The van der Waals surface area contributed by atoms with Gasteiger partial charge in [0.05, 0.1) is 19.8 Å². The van der Waals surface area contributed by atoms with Crippen LogP contribution in [0.15, 0.2) is 36.5 Å². The number of carbonyl (C=O) groups is 1. The molecule has 1 fully saturated rings. The minimum absolute atomic E-state index is 0.0292. The lowest BCUT2D eigenvalue weighted by molar-refractivity contribution is -0.301. The minimum atomic E-state index is -5.07. The van der Waals surface area contributed by atoms with E-state index in [4.69, 9.17) is 18.9 Å². The van der Waals surface area contributed by atoms with Gasteiger partial charge in [-0.2, -0.15) is 8.42 Å². The van der Waals surface area contributed by atoms with E-state index in [1.54, 1.807) is 0 Å². The van der Waals surface area contributed by atoms with E-state index in [1.165, 1.54) is 135 Å². The van der Waals surface area contributed by atoms with E-state index >= 15 is 0 Å². The molecular formula is C51H94O12S. The highest BCUT2D eigenvalue weighted by atomic mass is 32.3. The van der Waals surface area contributed by atoms with Crippen molar-refractivity contribution >= 4 is 16.4 Å². The zero-order valence-corrected chi connectivity index (χ0v) is 41.2. The molecule has 1 saturated heterocycles. The minimum Gasteiger partial charge on any atom is -0.457 e. The van der Waals surface area contributed by atoms with Crippen LogP contribution in [-0.4, -0.2) is 97.5 Å². The Balaban J connectivity index is 2.36. The Bertz CT molecular complexity index is 1260. The molecule has 1 aliphatic heterocycles. The standard InChI is InChI=1S/C51H94O12S/c1-3-5-7-9-11-13-15-17-19-21-22-23-24-25-26-28-30-32-34-36-38-40-47(53)61-45(44-60-51-49(55)50(63-64(56,57)58)48(54)46(42-52)62-51)43-59-41-39-37-35-33-31-29-27-20-18-16-14-12-10-8-6-4-2/h12,14,18,20-22,45-46,48-52,54-55H,3-11,13,15-17,19,23-44H2,1-2H3,(H,56,57,58)/b14-12-,20-18-,22-21-. The summed E-state index contributed by atoms with van der Waals surface area (Å²) in [6.45, 7) is 3.96. The molecule has 0 spiro atoms.